The molecule has 0 rings (SSSR count). The summed E-state index contributed by atoms with van der Waals surface area (Å²) < 4.78 is 34.2. The van der Waals surface area contributed by atoms with Crippen LogP contribution in [0.15, 0.2) is 0 Å². The largest absolute Gasteiger partial charge is 1.00 e. The van der Waals surface area contributed by atoms with Gasteiger partial charge in [-0.15, -0.1) is 0 Å². The van der Waals surface area contributed by atoms with E-state index in [1.165, 1.54) is 0 Å². The first-order valence-corrected chi connectivity index (χ1v) is 2.52. The van der Waals surface area contributed by atoms with E-state index in [4.69, 9.17) is 5.11 Å². The van der Waals surface area contributed by atoms with Crippen LogP contribution in [0, 0.1) is 0 Å². The topological polar surface area (TPSA) is 63.3 Å². The molecule has 1 atom stereocenters. The van der Waals surface area contributed by atoms with Crippen LogP contribution in [-0.2, 0) is 4.79 Å². The predicted molar refractivity (Wildman–Crippen MR) is 29.5 cm³/mol. The van der Waals surface area contributed by atoms with Crippen molar-refractivity contribution in [2.45, 2.75) is 12.4 Å². The molecule has 0 aromatic heterocycles. The van der Waals surface area contributed by atoms with E-state index in [1.807, 2.05) is 0 Å². The van der Waals surface area contributed by atoms with Gasteiger partial charge in [0.25, 0.3) is 0 Å². The van der Waals surface area contributed by atoms with E-state index in [0.29, 0.717) is 0 Å². The maximum Gasteiger partial charge on any atom is 1.00 e. The smallest absolute Gasteiger partial charge is 0.480 e. The van der Waals surface area contributed by atoms with Crippen molar-refractivity contribution in [3.63, 3.8) is 0 Å². The van der Waals surface area contributed by atoms with Gasteiger partial charge in [-0.25, -0.2) is 0 Å². The van der Waals surface area contributed by atoms with Crippen LogP contribution in [0.1, 0.15) is 0 Å². The van der Waals surface area contributed by atoms with Gasteiger partial charge in [0.1, 0.15) is 0 Å². The second-order valence-corrected chi connectivity index (χ2v) is 1.89. The van der Waals surface area contributed by atoms with Crippen molar-refractivity contribution in [1.82, 2.24) is 0 Å². The monoisotopic (exact) mass is 195 g/mol. The minimum Gasteiger partial charge on any atom is -0.480 e. The zero-order valence-electron chi connectivity index (χ0n) is 5.93. The molecule has 0 aliphatic carbocycles. The van der Waals surface area contributed by atoms with E-state index in [-0.39, 0.29) is 51.4 Å². The molecule has 0 aromatic rings. The Labute approximate surface area is 104 Å². The van der Waals surface area contributed by atoms with Crippen LogP contribution in [0.25, 0.3) is 0 Å². The number of nitrogens with two attached hydrogens (primary N) is 1. The van der Waals surface area contributed by atoms with E-state index in [9.17, 15) is 17.7 Å². The van der Waals surface area contributed by atoms with Crippen molar-refractivity contribution in [2.24, 2.45) is 5.73 Å². The van der Waals surface area contributed by atoms with E-state index in [0.717, 1.165) is 0 Å². The molecule has 0 fully saturated rings. The standard InChI is InChI=1S/C3H6BF3NO2.K/c5-4(6,7)1-2(8)3(9)10;/h2H,1,8H2,(H,9,10);/q-1;+1. The predicted octanol–water partition coefficient (Wildman–Crippen LogP) is -2.75. The fraction of sp³-hybridized carbons (Fsp3) is 0.667. The van der Waals surface area contributed by atoms with Gasteiger partial charge in [-0.05, 0) is 0 Å². The van der Waals surface area contributed by atoms with E-state index >= 15 is 0 Å². The Morgan fingerprint density at radius 1 is 1.55 bits per heavy atom. The van der Waals surface area contributed by atoms with Crippen molar-refractivity contribution in [3.05, 3.63) is 0 Å². The normalized spacial score (nSPS) is 13.5. The van der Waals surface area contributed by atoms with Gasteiger partial charge in [-0.2, -0.15) is 0 Å². The first-order valence-electron chi connectivity index (χ1n) is 2.52. The first-order chi connectivity index (χ1) is 4.33. The van der Waals surface area contributed by atoms with Crippen LogP contribution < -0.4 is 57.1 Å². The van der Waals surface area contributed by atoms with Gasteiger partial charge in [0.15, 0.2) is 0 Å². The Morgan fingerprint density at radius 2 is 1.91 bits per heavy atom. The molecule has 0 radical (unpaired) electrons. The molecule has 0 aliphatic heterocycles. The number of carbonyl (C=O) groups is 1. The molecule has 0 amide bonds. The third-order valence-corrected chi connectivity index (χ3v) is 0.838. The number of hydrogen-bond acceptors (Lipinski definition) is 2. The molecule has 0 heterocycles. The first kappa shape index (κ1) is 14.4. The second kappa shape index (κ2) is 5.55. The maximum atomic E-state index is 11.4. The van der Waals surface area contributed by atoms with E-state index in [1.54, 1.807) is 0 Å². The van der Waals surface area contributed by atoms with E-state index in [2.05, 4.69) is 5.73 Å². The van der Waals surface area contributed by atoms with Crippen LogP contribution in [-0.4, -0.2) is 24.1 Å². The zero-order chi connectivity index (χ0) is 8.36. The fourth-order valence-corrected chi connectivity index (χ4v) is 0.389. The van der Waals surface area contributed by atoms with Crippen LogP contribution >= 0.6 is 0 Å². The summed E-state index contributed by atoms with van der Waals surface area (Å²) in [7, 11) is 0. The van der Waals surface area contributed by atoms with Crippen molar-refractivity contribution in [3.8, 4) is 0 Å². The minimum absolute atomic E-state index is 0. The van der Waals surface area contributed by atoms with Gasteiger partial charge in [-0.1, -0.05) is 6.32 Å². The summed E-state index contributed by atoms with van der Waals surface area (Å²) in [6, 6.07) is -1.82. The number of aliphatic carboxylic acids is 1. The Balaban J connectivity index is 0. The Kier molecular flexibility index (Phi) is 7.28. The van der Waals surface area contributed by atoms with Crippen molar-refractivity contribution in [1.29, 1.82) is 0 Å². The molecule has 0 bridgehead atoms. The van der Waals surface area contributed by atoms with Gasteiger partial charge in [0.05, 0.1) is 6.04 Å². The molecule has 11 heavy (non-hydrogen) atoms. The van der Waals surface area contributed by atoms with Crippen molar-refractivity contribution >= 4 is 12.9 Å². The molecular weight excluding hydrogens is 189 g/mol. The molecule has 0 saturated carbocycles. The van der Waals surface area contributed by atoms with Crippen LogP contribution in [0.4, 0.5) is 12.9 Å². The Morgan fingerprint density at radius 3 is 2.00 bits per heavy atom. The minimum atomic E-state index is -5.08. The van der Waals surface area contributed by atoms with Crippen LogP contribution in [0.3, 0.4) is 0 Å². The summed E-state index contributed by atoms with van der Waals surface area (Å²) in [5.41, 5.74) is 4.60. The molecular formula is C3H6BF3KNO2. The molecule has 1 unspecified atom stereocenters. The summed E-state index contributed by atoms with van der Waals surface area (Å²) in [5, 5.41) is 7.93. The maximum absolute atomic E-state index is 11.4. The number of carboxylic acids is 1. The van der Waals surface area contributed by atoms with Crippen molar-refractivity contribution in [2.75, 3.05) is 0 Å². The zero-order valence-corrected chi connectivity index (χ0v) is 9.05. The number of carboxylic acid groups (broad SMARTS) is 1. The Bertz CT molecular complexity index is 141. The summed E-state index contributed by atoms with van der Waals surface area (Å²) >= 11 is 0. The summed E-state index contributed by atoms with van der Waals surface area (Å²) in [4.78, 5) is 9.76. The van der Waals surface area contributed by atoms with Gasteiger partial charge in [-0.3, -0.25) is 4.79 Å². The molecule has 0 saturated heterocycles. The molecule has 60 valence electrons. The molecule has 0 aliphatic rings. The van der Waals surface area contributed by atoms with Crippen LogP contribution in [0.5, 0.6) is 0 Å². The van der Waals surface area contributed by atoms with E-state index < -0.39 is 25.3 Å². The second-order valence-electron chi connectivity index (χ2n) is 1.89. The molecule has 0 spiro atoms. The Hall–Kier alpha value is 0.921. The number of halogens is 3. The molecule has 3 N–H and O–H groups in total. The summed E-state index contributed by atoms with van der Waals surface area (Å²) in [6.07, 6.45) is -1.42. The fourth-order valence-electron chi connectivity index (χ4n) is 0.389. The van der Waals surface area contributed by atoms with Gasteiger partial charge < -0.3 is 23.8 Å². The summed E-state index contributed by atoms with van der Waals surface area (Å²) in [6.45, 7) is -5.08. The van der Waals surface area contributed by atoms with Gasteiger partial charge >= 0.3 is 64.3 Å². The van der Waals surface area contributed by atoms with Crippen molar-refractivity contribution < 1.29 is 74.2 Å². The molecule has 0 aromatic carbocycles. The average molecular weight is 195 g/mol. The SMILES string of the molecule is NC(C[B-](F)(F)F)C(=O)O.[K+]. The van der Waals surface area contributed by atoms with Gasteiger partial charge in [0, 0.05) is 0 Å². The quantitative estimate of drug-likeness (QED) is 0.480. The average Bonchev–Trinajstić information content (AvgIpc) is 1.60. The molecule has 3 nitrogen and oxygen atoms in total. The number of rotatable bonds is 3. The number of hydrogen-bond donors (Lipinski definition) is 2. The van der Waals surface area contributed by atoms with Gasteiger partial charge in [0.2, 0.25) is 0 Å². The van der Waals surface area contributed by atoms with Crippen LogP contribution in [0.2, 0.25) is 6.32 Å². The molecule has 8 heteroatoms. The third kappa shape index (κ3) is 8.83. The summed E-state index contributed by atoms with van der Waals surface area (Å²) in [5.74, 6) is -1.63. The third-order valence-electron chi connectivity index (χ3n) is 0.838.